The highest BCUT2D eigenvalue weighted by Gasteiger charge is 2.38. The van der Waals surface area contributed by atoms with Crippen LogP contribution in [0.3, 0.4) is 0 Å². The van der Waals surface area contributed by atoms with E-state index in [0.29, 0.717) is 31.6 Å². The minimum absolute atomic E-state index is 0.0850. The number of allylic oxidation sites excluding steroid dienone is 2. The fraction of sp³-hybridized carbons (Fsp3) is 0.571. The van der Waals surface area contributed by atoms with E-state index >= 15 is 0 Å². The zero-order valence-corrected chi connectivity index (χ0v) is 11.8. The molecule has 0 aromatic rings. The maximum absolute atomic E-state index is 12.3. The number of carbonyl (C=O) groups is 2. The van der Waals surface area contributed by atoms with Crippen LogP contribution in [0.4, 0.5) is 0 Å². The third kappa shape index (κ3) is 3.67. The van der Waals surface area contributed by atoms with Crippen LogP contribution in [0.15, 0.2) is 23.3 Å². The van der Waals surface area contributed by atoms with E-state index in [0.717, 1.165) is 5.57 Å². The van der Waals surface area contributed by atoms with E-state index in [9.17, 15) is 9.59 Å². The molecule has 0 fully saturated rings. The van der Waals surface area contributed by atoms with Crippen LogP contribution in [0.1, 0.15) is 26.7 Å². The molecule has 106 valence electrons. The number of rotatable bonds is 6. The summed E-state index contributed by atoms with van der Waals surface area (Å²) in [7, 11) is 1.58. The first-order chi connectivity index (χ1) is 8.95. The first-order valence-electron chi connectivity index (χ1n) is 6.42. The normalized spacial score (nSPS) is 22.5. The molecule has 19 heavy (non-hydrogen) atoms. The fourth-order valence-electron chi connectivity index (χ4n) is 2.33. The van der Waals surface area contributed by atoms with Gasteiger partial charge in [-0.3, -0.25) is 9.59 Å². The molecule has 1 atom stereocenters. The molecule has 1 aliphatic rings. The van der Waals surface area contributed by atoms with Crippen molar-refractivity contribution in [3.63, 3.8) is 0 Å². The number of methoxy groups -OCH3 is 1. The van der Waals surface area contributed by atoms with Crippen LogP contribution in [0.5, 0.6) is 0 Å². The van der Waals surface area contributed by atoms with E-state index < -0.39 is 11.3 Å². The summed E-state index contributed by atoms with van der Waals surface area (Å²) in [5, 5.41) is 2.84. The van der Waals surface area contributed by atoms with Crippen LogP contribution in [0, 0.1) is 5.41 Å². The zero-order valence-electron chi connectivity index (χ0n) is 11.8. The van der Waals surface area contributed by atoms with Crippen molar-refractivity contribution in [3.05, 3.63) is 23.3 Å². The molecule has 0 aromatic heterocycles. The summed E-state index contributed by atoms with van der Waals surface area (Å²) in [5.74, 6) is -0.548. The van der Waals surface area contributed by atoms with Gasteiger partial charge < -0.3 is 15.8 Å². The van der Waals surface area contributed by atoms with E-state index in [1.807, 2.05) is 19.9 Å². The highest BCUT2D eigenvalue weighted by atomic mass is 16.5. The summed E-state index contributed by atoms with van der Waals surface area (Å²) >= 11 is 0. The van der Waals surface area contributed by atoms with Gasteiger partial charge in [-0.25, -0.2) is 0 Å². The van der Waals surface area contributed by atoms with Gasteiger partial charge in [0.15, 0.2) is 0 Å². The van der Waals surface area contributed by atoms with Gasteiger partial charge in [0.1, 0.15) is 0 Å². The minimum atomic E-state index is -0.684. The molecule has 0 bridgehead atoms. The Labute approximate surface area is 113 Å². The van der Waals surface area contributed by atoms with Crippen molar-refractivity contribution in [1.82, 2.24) is 5.32 Å². The van der Waals surface area contributed by atoms with Gasteiger partial charge in [0, 0.05) is 19.2 Å². The highest BCUT2D eigenvalue weighted by Crippen LogP contribution is 2.37. The fourth-order valence-corrected chi connectivity index (χ4v) is 2.33. The molecule has 1 unspecified atom stereocenters. The predicted molar refractivity (Wildman–Crippen MR) is 73.3 cm³/mol. The van der Waals surface area contributed by atoms with E-state index in [2.05, 4.69) is 5.32 Å². The van der Waals surface area contributed by atoms with Gasteiger partial charge in [0.25, 0.3) is 0 Å². The second kappa shape index (κ2) is 6.52. The van der Waals surface area contributed by atoms with Crippen LogP contribution < -0.4 is 11.1 Å². The molecule has 5 heteroatoms. The number of carbonyl (C=O) groups excluding carboxylic acids is 2. The van der Waals surface area contributed by atoms with Gasteiger partial charge >= 0.3 is 0 Å². The number of hydrogen-bond donors (Lipinski definition) is 2. The Kier molecular flexibility index (Phi) is 5.30. The summed E-state index contributed by atoms with van der Waals surface area (Å²) in [5.41, 5.74) is 6.05. The standard InChI is InChI=1S/C14H22N2O3/c1-4-14(13(18)16-5-6-19-3)8-10(2)7-11(9-14)12(15)17/h7-8H,4-6,9H2,1-3H3,(H2,15,17)(H,16,18). The van der Waals surface area contributed by atoms with Gasteiger partial charge in [-0.1, -0.05) is 24.6 Å². The Bertz CT molecular complexity index is 426. The lowest BCUT2D eigenvalue weighted by molar-refractivity contribution is -0.129. The van der Waals surface area contributed by atoms with Crippen molar-refractivity contribution in [1.29, 1.82) is 0 Å². The molecule has 0 saturated heterocycles. The summed E-state index contributed by atoms with van der Waals surface area (Å²) in [6.45, 7) is 4.73. The molecule has 0 heterocycles. The van der Waals surface area contributed by atoms with Crippen molar-refractivity contribution in [3.8, 4) is 0 Å². The molecular formula is C14H22N2O3. The molecule has 0 saturated carbocycles. The SMILES string of the molecule is CCC1(C(=O)NCCOC)C=C(C)C=C(C(N)=O)C1. The van der Waals surface area contributed by atoms with Crippen LogP contribution in [-0.4, -0.2) is 32.1 Å². The molecule has 2 amide bonds. The number of hydrogen-bond acceptors (Lipinski definition) is 3. The summed E-state index contributed by atoms with van der Waals surface area (Å²) in [6.07, 6.45) is 4.64. The Balaban J connectivity index is 2.90. The molecule has 0 aliphatic heterocycles. The lowest BCUT2D eigenvalue weighted by Crippen LogP contribution is -2.43. The zero-order chi connectivity index (χ0) is 14.5. The van der Waals surface area contributed by atoms with Crippen molar-refractivity contribution in [2.45, 2.75) is 26.7 Å². The second-order valence-electron chi connectivity index (χ2n) is 4.86. The van der Waals surface area contributed by atoms with Crippen molar-refractivity contribution >= 4 is 11.8 Å². The summed E-state index contributed by atoms with van der Waals surface area (Å²) in [6, 6.07) is 0. The van der Waals surface area contributed by atoms with Crippen molar-refractivity contribution < 1.29 is 14.3 Å². The molecule has 0 spiro atoms. The molecule has 3 N–H and O–H groups in total. The maximum Gasteiger partial charge on any atom is 0.244 e. The van der Waals surface area contributed by atoms with E-state index in [4.69, 9.17) is 10.5 Å². The minimum Gasteiger partial charge on any atom is -0.383 e. The predicted octanol–water partition coefficient (Wildman–Crippen LogP) is 0.907. The van der Waals surface area contributed by atoms with Crippen LogP contribution in [0.25, 0.3) is 0 Å². The quantitative estimate of drug-likeness (QED) is 0.701. The molecule has 0 aromatic carbocycles. The first kappa shape index (κ1) is 15.4. The smallest absolute Gasteiger partial charge is 0.244 e. The van der Waals surface area contributed by atoms with E-state index in [1.54, 1.807) is 13.2 Å². The topological polar surface area (TPSA) is 81.4 Å². The van der Waals surface area contributed by atoms with Gasteiger partial charge in [-0.15, -0.1) is 0 Å². The molecule has 0 radical (unpaired) electrons. The molecule has 5 nitrogen and oxygen atoms in total. The average Bonchev–Trinajstić information content (AvgIpc) is 2.37. The van der Waals surface area contributed by atoms with Gasteiger partial charge in [-0.2, -0.15) is 0 Å². The van der Waals surface area contributed by atoms with Gasteiger partial charge in [0.05, 0.1) is 12.0 Å². The number of ether oxygens (including phenoxy) is 1. The average molecular weight is 266 g/mol. The van der Waals surface area contributed by atoms with E-state index in [1.165, 1.54) is 0 Å². The summed E-state index contributed by atoms with van der Waals surface area (Å²) < 4.78 is 4.91. The van der Waals surface area contributed by atoms with Gasteiger partial charge in [0.2, 0.25) is 11.8 Å². The third-order valence-corrected chi connectivity index (χ3v) is 3.40. The lowest BCUT2D eigenvalue weighted by atomic mass is 9.73. The summed E-state index contributed by atoms with van der Waals surface area (Å²) in [4.78, 5) is 23.7. The largest absolute Gasteiger partial charge is 0.383 e. The Morgan fingerprint density at radius 2 is 2.21 bits per heavy atom. The van der Waals surface area contributed by atoms with Crippen molar-refractivity contribution in [2.75, 3.05) is 20.3 Å². The maximum atomic E-state index is 12.3. The van der Waals surface area contributed by atoms with E-state index in [-0.39, 0.29) is 5.91 Å². The number of amides is 2. The van der Waals surface area contributed by atoms with Crippen molar-refractivity contribution in [2.24, 2.45) is 11.1 Å². The second-order valence-corrected chi connectivity index (χ2v) is 4.86. The van der Waals surface area contributed by atoms with Gasteiger partial charge in [-0.05, 0) is 19.8 Å². The molecular weight excluding hydrogens is 244 g/mol. The Morgan fingerprint density at radius 3 is 2.74 bits per heavy atom. The first-order valence-corrected chi connectivity index (χ1v) is 6.42. The molecule has 1 aliphatic carbocycles. The molecule has 1 rings (SSSR count). The Hall–Kier alpha value is -1.62. The monoisotopic (exact) mass is 266 g/mol. The number of nitrogens with one attached hydrogen (secondary N) is 1. The number of primary amides is 1. The third-order valence-electron chi connectivity index (χ3n) is 3.40. The Morgan fingerprint density at radius 1 is 1.53 bits per heavy atom. The van der Waals surface area contributed by atoms with Crippen LogP contribution in [-0.2, 0) is 14.3 Å². The van der Waals surface area contributed by atoms with Crippen LogP contribution in [0.2, 0.25) is 0 Å². The number of nitrogens with two attached hydrogens (primary N) is 1. The lowest BCUT2D eigenvalue weighted by Gasteiger charge is -2.32. The van der Waals surface area contributed by atoms with Crippen LogP contribution >= 0.6 is 0 Å². The highest BCUT2D eigenvalue weighted by molar-refractivity contribution is 5.95.